The van der Waals surface area contributed by atoms with Gasteiger partial charge in [0.25, 0.3) is 0 Å². The van der Waals surface area contributed by atoms with Crippen molar-refractivity contribution in [3.05, 3.63) is 27.5 Å². The first kappa shape index (κ1) is 17.5. The molecule has 0 unspecified atom stereocenters. The summed E-state index contributed by atoms with van der Waals surface area (Å²) in [5.74, 6) is 0. The number of rotatable bonds is 1. The molecule has 7 heteroatoms. The van der Waals surface area contributed by atoms with Gasteiger partial charge in [0.2, 0.25) is 0 Å². The second-order valence-corrected chi connectivity index (χ2v) is 7.45. The van der Waals surface area contributed by atoms with E-state index in [0.717, 1.165) is 5.56 Å². The molecule has 0 radical (unpaired) electrons. The SMILES string of the molecule is C[C@H]1[C@H](c2cc(Cl)nc(Br)c2)OCCN1C(=O)OC(C)(C)C. The Hall–Kier alpha value is -0.850. The number of morpholine rings is 1. The zero-order valence-corrected chi connectivity index (χ0v) is 15.4. The van der Waals surface area contributed by atoms with E-state index in [-0.39, 0.29) is 18.2 Å². The highest BCUT2D eigenvalue weighted by molar-refractivity contribution is 9.10. The number of pyridine rings is 1. The van der Waals surface area contributed by atoms with Crippen molar-refractivity contribution >= 4 is 33.6 Å². The van der Waals surface area contributed by atoms with Crippen LogP contribution in [0, 0.1) is 0 Å². The van der Waals surface area contributed by atoms with Gasteiger partial charge in [-0.15, -0.1) is 0 Å². The van der Waals surface area contributed by atoms with Gasteiger partial charge < -0.3 is 14.4 Å². The molecule has 2 rings (SSSR count). The first-order chi connectivity index (χ1) is 10.2. The minimum absolute atomic E-state index is 0.158. The van der Waals surface area contributed by atoms with Gasteiger partial charge in [-0.25, -0.2) is 9.78 Å². The van der Waals surface area contributed by atoms with Gasteiger partial charge in [0.15, 0.2) is 0 Å². The molecule has 0 aliphatic carbocycles. The van der Waals surface area contributed by atoms with Crippen molar-refractivity contribution in [3.8, 4) is 0 Å². The summed E-state index contributed by atoms with van der Waals surface area (Å²) < 4.78 is 11.9. The van der Waals surface area contributed by atoms with Gasteiger partial charge in [0, 0.05) is 6.54 Å². The van der Waals surface area contributed by atoms with Gasteiger partial charge in [-0.3, -0.25) is 0 Å². The zero-order chi connectivity index (χ0) is 16.5. The van der Waals surface area contributed by atoms with Crippen LogP contribution in [0.2, 0.25) is 5.15 Å². The fraction of sp³-hybridized carbons (Fsp3) is 0.600. The number of amides is 1. The fourth-order valence-electron chi connectivity index (χ4n) is 2.38. The average Bonchev–Trinajstić information content (AvgIpc) is 2.35. The normalized spacial score (nSPS) is 22.5. The monoisotopic (exact) mass is 390 g/mol. The number of ether oxygens (including phenoxy) is 2. The number of aromatic nitrogens is 1. The van der Waals surface area contributed by atoms with Crippen LogP contribution in [0.15, 0.2) is 16.7 Å². The second kappa shape index (κ2) is 6.72. The summed E-state index contributed by atoms with van der Waals surface area (Å²) in [5, 5.41) is 0.384. The summed E-state index contributed by atoms with van der Waals surface area (Å²) in [7, 11) is 0. The Morgan fingerprint density at radius 1 is 1.50 bits per heavy atom. The standard InChI is InChI=1S/C15H20BrClN2O3/c1-9-13(10-7-11(16)18-12(17)8-10)21-6-5-19(9)14(20)22-15(2,3)4/h7-9,13H,5-6H2,1-4H3/t9-,13+/m0/s1. The van der Waals surface area contributed by atoms with E-state index in [2.05, 4.69) is 20.9 Å². The molecule has 1 aliphatic heterocycles. The van der Waals surface area contributed by atoms with Crippen LogP contribution < -0.4 is 0 Å². The number of carbonyl (C=O) groups is 1. The molecule has 1 saturated heterocycles. The highest BCUT2D eigenvalue weighted by Gasteiger charge is 2.35. The molecular formula is C15H20BrClN2O3. The van der Waals surface area contributed by atoms with E-state index in [9.17, 15) is 4.79 Å². The Kier molecular flexibility index (Phi) is 5.35. The van der Waals surface area contributed by atoms with Crippen molar-refractivity contribution in [1.82, 2.24) is 9.88 Å². The second-order valence-electron chi connectivity index (χ2n) is 6.25. The molecule has 0 bridgehead atoms. The summed E-state index contributed by atoms with van der Waals surface area (Å²) in [6.45, 7) is 8.46. The van der Waals surface area contributed by atoms with Gasteiger partial charge in [0.1, 0.15) is 21.5 Å². The highest BCUT2D eigenvalue weighted by atomic mass is 79.9. The molecule has 122 valence electrons. The van der Waals surface area contributed by atoms with E-state index in [0.29, 0.717) is 22.9 Å². The quantitative estimate of drug-likeness (QED) is 0.673. The molecule has 1 aromatic rings. The first-order valence-electron chi connectivity index (χ1n) is 7.11. The van der Waals surface area contributed by atoms with Gasteiger partial charge in [0.05, 0.1) is 12.6 Å². The van der Waals surface area contributed by atoms with Crippen LogP contribution in [-0.2, 0) is 9.47 Å². The molecule has 0 N–H and O–H groups in total. The molecule has 1 fully saturated rings. The van der Waals surface area contributed by atoms with Crippen molar-refractivity contribution in [2.24, 2.45) is 0 Å². The minimum atomic E-state index is -0.520. The average molecular weight is 392 g/mol. The predicted molar refractivity (Wildman–Crippen MR) is 88.0 cm³/mol. The van der Waals surface area contributed by atoms with Crippen LogP contribution in [0.3, 0.4) is 0 Å². The van der Waals surface area contributed by atoms with Crippen molar-refractivity contribution in [2.75, 3.05) is 13.2 Å². The van der Waals surface area contributed by atoms with Gasteiger partial charge in [-0.2, -0.15) is 0 Å². The number of carbonyl (C=O) groups excluding carboxylic acids is 1. The molecule has 5 nitrogen and oxygen atoms in total. The number of hydrogen-bond donors (Lipinski definition) is 0. The van der Waals surface area contributed by atoms with Crippen LogP contribution in [0.25, 0.3) is 0 Å². The molecule has 1 amide bonds. The summed E-state index contributed by atoms with van der Waals surface area (Å²) in [6, 6.07) is 3.45. The van der Waals surface area contributed by atoms with Crippen molar-refractivity contribution in [3.63, 3.8) is 0 Å². The Morgan fingerprint density at radius 3 is 2.77 bits per heavy atom. The Morgan fingerprint density at radius 2 is 2.18 bits per heavy atom. The van der Waals surface area contributed by atoms with Crippen molar-refractivity contribution in [2.45, 2.75) is 45.4 Å². The van der Waals surface area contributed by atoms with Crippen molar-refractivity contribution < 1.29 is 14.3 Å². The van der Waals surface area contributed by atoms with E-state index in [1.807, 2.05) is 33.8 Å². The van der Waals surface area contributed by atoms with Gasteiger partial charge in [-0.05, 0) is 61.3 Å². The van der Waals surface area contributed by atoms with Crippen molar-refractivity contribution in [1.29, 1.82) is 0 Å². The molecule has 2 atom stereocenters. The zero-order valence-electron chi connectivity index (χ0n) is 13.1. The van der Waals surface area contributed by atoms with Crippen LogP contribution in [0.5, 0.6) is 0 Å². The third-order valence-corrected chi connectivity index (χ3v) is 3.90. The topological polar surface area (TPSA) is 51.7 Å². The first-order valence-corrected chi connectivity index (χ1v) is 8.28. The lowest BCUT2D eigenvalue weighted by atomic mass is 10.0. The van der Waals surface area contributed by atoms with Crippen LogP contribution in [-0.4, -0.2) is 40.8 Å². The van der Waals surface area contributed by atoms with Gasteiger partial charge >= 0.3 is 6.09 Å². The maximum Gasteiger partial charge on any atom is 0.410 e. The third-order valence-electron chi connectivity index (χ3n) is 3.30. The molecule has 0 spiro atoms. The molecule has 1 aliphatic rings. The minimum Gasteiger partial charge on any atom is -0.444 e. The Balaban J connectivity index is 2.19. The third kappa shape index (κ3) is 4.33. The smallest absolute Gasteiger partial charge is 0.410 e. The highest BCUT2D eigenvalue weighted by Crippen LogP contribution is 2.31. The van der Waals surface area contributed by atoms with E-state index in [1.54, 1.807) is 11.0 Å². The van der Waals surface area contributed by atoms with E-state index in [4.69, 9.17) is 21.1 Å². The summed E-state index contributed by atoms with van der Waals surface area (Å²) in [4.78, 5) is 18.1. The summed E-state index contributed by atoms with van der Waals surface area (Å²) in [5.41, 5.74) is 0.362. The largest absolute Gasteiger partial charge is 0.444 e. The summed E-state index contributed by atoms with van der Waals surface area (Å²) >= 11 is 9.33. The van der Waals surface area contributed by atoms with E-state index >= 15 is 0 Å². The maximum atomic E-state index is 12.3. The number of hydrogen-bond acceptors (Lipinski definition) is 4. The maximum absolute atomic E-state index is 12.3. The molecule has 0 aromatic carbocycles. The molecule has 2 heterocycles. The van der Waals surface area contributed by atoms with Crippen LogP contribution in [0.4, 0.5) is 4.79 Å². The Labute approximate surface area is 144 Å². The number of halogens is 2. The number of nitrogens with zero attached hydrogens (tertiary/aromatic N) is 2. The van der Waals surface area contributed by atoms with E-state index in [1.165, 1.54) is 0 Å². The molecule has 22 heavy (non-hydrogen) atoms. The molecule has 0 saturated carbocycles. The summed E-state index contributed by atoms with van der Waals surface area (Å²) in [6.07, 6.45) is -0.592. The molecule has 1 aromatic heterocycles. The van der Waals surface area contributed by atoms with Crippen LogP contribution >= 0.6 is 27.5 Å². The lowest BCUT2D eigenvalue weighted by Crippen LogP contribution is -2.50. The van der Waals surface area contributed by atoms with Crippen LogP contribution in [0.1, 0.15) is 39.4 Å². The molecular weight excluding hydrogens is 372 g/mol. The lowest BCUT2D eigenvalue weighted by molar-refractivity contribution is -0.0724. The lowest BCUT2D eigenvalue weighted by Gasteiger charge is -2.40. The predicted octanol–water partition coefficient (Wildman–Crippen LogP) is 4.19. The Bertz CT molecular complexity index is 542. The fourth-order valence-corrected chi connectivity index (χ4v) is 3.16. The van der Waals surface area contributed by atoms with E-state index < -0.39 is 5.60 Å². The van der Waals surface area contributed by atoms with Gasteiger partial charge in [-0.1, -0.05) is 11.6 Å².